The maximum atomic E-state index is 12.5. The predicted octanol–water partition coefficient (Wildman–Crippen LogP) is 4.14. The summed E-state index contributed by atoms with van der Waals surface area (Å²) in [7, 11) is 1.32. The normalized spacial score (nSPS) is 10.6. The van der Waals surface area contributed by atoms with Gasteiger partial charge in [0.2, 0.25) is 5.91 Å². The fraction of sp³-hybridized carbons (Fsp3) is 0.273. The van der Waals surface area contributed by atoms with Gasteiger partial charge in [0.15, 0.2) is 5.16 Å². The largest absolute Gasteiger partial charge is 0.465 e. The van der Waals surface area contributed by atoms with Crippen molar-refractivity contribution in [3.8, 4) is 0 Å². The van der Waals surface area contributed by atoms with Gasteiger partial charge >= 0.3 is 5.97 Å². The predicted molar refractivity (Wildman–Crippen MR) is 124 cm³/mol. The highest BCUT2D eigenvalue weighted by Crippen LogP contribution is 2.28. The number of thiophene rings is 1. The number of hydrogen-bond acceptors (Lipinski definition) is 7. The van der Waals surface area contributed by atoms with Gasteiger partial charge in [-0.15, -0.1) is 28.1 Å². The summed E-state index contributed by atoms with van der Waals surface area (Å²) in [6, 6.07) is 11.9. The molecule has 0 spiro atoms. The molecular formula is C22H24N4O3S2. The molecule has 1 amide bonds. The second-order valence-corrected chi connectivity index (χ2v) is 8.91. The van der Waals surface area contributed by atoms with Crippen LogP contribution >= 0.6 is 23.1 Å². The molecule has 0 aliphatic rings. The average Bonchev–Trinajstić information content (AvgIpc) is 3.33. The van der Waals surface area contributed by atoms with Crippen molar-refractivity contribution >= 4 is 40.0 Å². The topological polar surface area (TPSA) is 86.1 Å². The van der Waals surface area contributed by atoms with E-state index in [1.54, 1.807) is 12.1 Å². The molecule has 3 rings (SSSR count). The monoisotopic (exact) mass is 456 g/mol. The van der Waals surface area contributed by atoms with E-state index in [0.717, 1.165) is 23.5 Å². The lowest BCUT2D eigenvalue weighted by atomic mass is 10.1. The summed E-state index contributed by atoms with van der Waals surface area (Å²) in [5.41, 5.74) is 1.60. The van der Waals surface area contributed by atoms with E-state index in [1.165, 1.54) is 35.8 Å². The smallest absolute Gasteiger partial charge is 0.340 e. The molecule has 31 heavy (non-hydrogen) atoms. The number of esters is 1. The fourth-order valence-corrected chi connectivity index (χ4v) is 4.67. The Morgan fingerprint density at radius 2 is 2.03 bits per heavy atom. The Bertz CT molecular complexity index is 1060. The van der Waals surface area contributed by atoms with Gasteiger partial charge in [-0.2, -0.15) is 0 Å². The van der Waals surface area contributed by atoms with Crippen LogP contribution in [0.2, 0.25) is 0 Å². The number of nitrogens with zero attached hydrogens (tertiary/aromatic N) is 3. The first-order valence-corrected chi connectivity index (χ1v) is 11.5. The summed E-state index contributed by atoms with van der Waals surface area (Å²) < 4.78 is 6.76. The zero-order valence-electron chi connectivity index (χ0n) is 17.5. The number of ether oxygens (including phenoxy) is 1. The van der Waals surface area contributed by atoms with Crippen molar-refractivity contribution in [2.45, 2.75) is 31.5 Å². The maximum Gasteiger partial charge on any atom is 0.340 e. The van der Waals surface area contributed by atoms with E-state index < -0.39 is 5.97 Å². The molecule has 1 aromatic carbocycles. The number of allylic oxidation sites excluding steroid dienone is 1. The van der Waals surface area contributed by atoms with Crippen LogP contribution in [0.15, 0.2) is 54.2 Å². The molecule has 0 atom stereocenters. The first-order valence-electron chi connectivity index (χ1n) is 9.70. The number of hydrogen-bond donors (Lipinski definition) is 1. The molecule has 2 aromatic heterocycles. The van der Waals surface area contributed by atoms with Crippen molar-refractivity contribution in [1.82, 2.24) is 14.8 Å². The van der Waals surface area contributed by atoms with Gasteiger partial charge in [0.05, 0.1) is 18.4 Å². The van der Waals surface area contributed by atoms with Crippen LogP contribution in [0, 0.1) is 6.92 Å². The second kappa shape index (κ2) is 10.9. The number of aromatic nitrogens is 3. The van der Waals surface area contributed by atoms with Crippen LogP contribution < -0.4 is 5.32 Å². The number of aryl methyl sites for hydroxylation is 3. The number of benzene rings is 1. The Hall–Kier alpha value is -2.91. The molecule has 0 unspecified atom stereocenters. The number of methoxy groups -OCH3 is 1. The SMILES string of the molecule is C=CCn1c(CCc2ccccc2)nnc1SCC(=O)Nc1sc(C)cc1C(=O)OC. The van der Waals surface area contributed by atoms with Crippen molar-refractivity contribution in [2.24, 2.45) is 0 Å². The molecule has 0 radical (unpaired) electrons. The maximum absolute atomic E-state index is 12.5. The summed E-state index contributed by atoms with van der Waals surface area (Å²) in [5.74, 6) is 0.302. The summed E-state index contributed by atoms with van der Waals surface area (Å²) in [4.78, 5) is 25.3. The molecule has 162 valence electrons. The van der Waals surface area contributed by atoms with Crippen molar-refractivity contribution in [3.63, 3.8) is 0 Å². The van der Waals surface area contributed by atoms with Crippen LogP contribution in [0.1, 0.15) is 26.6 Å². The van der Waals surface area contributed by atoms with E-state index >= 15 is 0 Å². The zero-order chi connectivity index (χ0) is 22.2. The van der Waals surface area contributed by atoms with Gasteiger partial charge in [0.25, 0.3) is 0 Å². The van der Waals surface area contributed by atoms with E-state index in [1.807, 2.05) is 29.7 Å². The number of carbonyl (C=O) groups is 2. The molecule has 7 nitrogen and oxygen atoms in total. The van der Waals surface area contributed by atoms with Crippen LogP contribution in [0.5, 0.6) is 0 Å². The molecular weight excluding hydrogens is 432 g/mol. The van der Waals surface area contributed by atoms with E-state index in [2.05, 4.69) is 34.2 Å². The average molecular weight is 457 g/mol. The number of rotatable bonds is 10. The minimum Gasteiger partial charge on any atom is -0.465 e. The van der Waals surface area contributed by atoms with Crippen molar-refractivity contribution < 1.29 is 14.3 Å². The standard InChI is InChI=1S/C22H24N4O3S2/c1-4-12-26-18(11-10-16-8-6-5-7-9-16)24-25-22(26)30-14-19(27)23-20-17(21(28)29-3)13-15(2)31-20/h4-9,13H,1,10-12,14H2,2-3H3,(H,23,27). The Labute approximate surface area is 189 Å². The van der Waals surface area contributed by atoms with Gasteiger partial charge in [-0.1, -0.05) is 48.2 Å². The molecule has 0 aliphatic carbocycles. The van der Waals surface area contributed by atoms with Crippen LogP contribution in [-0.4, -0.2) is 39.5 Å². The van der Waals surface area contributed by atoms with Crippen molar-refractivity contribution in [1.29, 1.82) is 0 Å². The van der Waals surface area contributed by atoms with E-state index in [4.69, 9.17) is 4.74 Å². The molecule has 0 saturated heterocycles. The highest BCUT2D eigenvalue weighted by Gasteiger charge is 2.18. The molecule has 2 heterocycles. The lowest BCUT2D eigenvalue weighted by Gasteiger charge is -2.08. The van der Waals surface area contributed by atoms with Crippen LogP contribution in [0.4, 0.5) is 5.00 Å². The Morgan fingerprint density at radius 3 is 2.74 bits per heavy atom. The number of anilines is 1. The van der Waals surface area contributed by atoms with E-state index in [0.29, 0.717) is 22.3 Å². The van der Waals surface area contributed by atoms with Gasteiger partial charge < -0.3 is 14.6 Å². The molecule has 1 N–H and O–H groups in total. The summed E-state index contributed by atoms with van der Waals surface area (Å²) in [6.07, 6.45) is 3.39. The number of amides is 1. The Morgan fingerprint density at radius 1 is 1.26 bits per heavy atom. The first-order chi connectivity index (χ1) is 15.0. The quantitative estimate of drug-likeness (QED) is 0.280. The summed E-state index contributed by atoms with van der Waals surface area (Å²) >= 11 is 2.64. The lowest BCUT2D eigenvalue weighted by Crippen LogP contribution is -2.16. The summed E-state index contributed by atoms with van der Waals surface area (Å²) in [5, 5.41) is 12.5. The highest BCUT2D eigenvalue weighted by molar-refractivity contribution is 7.99. The third-order valence-corrected chi connectivity index (χ3v) is 6.36. The molecule has 0 fully saturated rings. The third kappa shape index (κ3) is 6.05. The molecule has 0 saturated carbocycles. The minimum absolute atomic E-state index is 0.144. The van der Waals surface area contributed by atoms with Crippen LogP contribution in [0.3, 0.4) is 0 Å². The number of thioether (sulfide) groups is 1. The van der Waals surface area contributed by atoms with Crippen molar-refractivity contribution in [2.75, 3.05) is 18.2 Å². The van der Waals surface area contributed by atoms with Gasteiger partial charge in [-0.05, 0) is 25.0 Å². The zero-order valence-corrected chi connectivity index (χ0v) is 19.1. The van der Waals surface area contributed by atoms with Crippen LogP contribution in [0.25, 0.3) is 0 Å². The number of nitrogens with one attached hydrogen (secondary N) is 1. The fourth-order valence-electron chi connectivity index (χ4n) is 2.99. The Kier molecular flexibility index (Phi) is 8.02. The lowest BCUT2D eigenvalue weighted by molar-refractivity contribution is -0.113. The molecule has 0 bridgehead atoms. The minimum atomic E-state index is -0.471. The first kappa shape index (κ1) is 22.8. The third-order valence-electron chi connectivity index (χ3n) is 4.43. The van der Waals surface area contributed by atoms with Gasteiger partial charge in [0.1, 0.15) is 10.8 Å². The Balaban J connectivity index is 1.63. The van der Waals surface area contributed by atoms with Crippen LogP contribution in [-0.2, 0) is 28.9 Å². The molecule has 0 aliphatic heterocycles. The van der Waals surface area contributed by atoms with Gasteiger partial charge in [-0.25, -0.2) is 4.79 Å². The number of carbonyl (C=O) groups excluding carboxylic acids is 2. The second-order valence-electron chi connectivity index (χ2n) is 6.71. The van der Waals surface area contributed by atoms with E-state index in [-0.39, 0.29) is 11.7 Å². The van der Waals surface area contributed by atoms with Gasteiger partial charge in [-0.3, -0.25) is 4.79 Å². The highest BCUT2D eigenvalue weighted by atomic mass is 32.2. The van der Waals surface area contributed by atoms with Gasteiger partial charge in [0, 0.05) is 17.8 Å². The van der Waals surface area contributed by atoms with E-state index in [9.17, 15) is 9.59 Å². The molecule has 3 aromatic rings. The summed E-state index contributed by atoms with van der Waals surface area (Å²) in [6.45, 7) is 6.25. The van der Waals surface area contributed by atoms with Crippen molar-refractivity contribution in [3.05, 3.63) is 70.9 Å². The molecule has 9 heteroatoms.